The quantitative estimate of drug-likeness (QED) is 0.767. The minimum atomic E-state index is 0.129. The Kier molecular flexibility index (Phi) is 3.53. The van der Waals surface area contributed by atoms with Gasteiger partial charge in [0.15, 0.2) is 5.06 Å². The zero-order valence-electron chi connectivity index (χ0n) is 9.68. The lowest BCUT2D eigenvalue weighted by Crippen LogP contribution is -2.10. The van der Waals surface area contributed by atoms with Crippen molar-refractivity contribution in [3.8, 4) is 5.06 Å². The van der Waals surface area contributed by atoms with Crippen LogP contribution in [0.4, 0.5) is 0 Å². The van der Waals surface area contributed by atoms with Crippen LogP contribution in [-0.4, -0.2) is 11.6 Å². The monoisotopic (exact) mass is 213 g/mol. The van der Waals surface area contributed by atoms with Crippen LogP contribution in [0.25, 0.3) is 0 Å². The molecule has 1 aromatic heterocycles. The molecular weight excluding hydrogens is 194 g/mol. The highest BCUT2D eigenvalue weighted by Gasteiger charge is 2.21. The summed E-state index contributed by atoms with van der Waals surface area (Å²) in [6, 6.07) is 0. The molecule has 0 aliphatic heterocycles. The Balaban J connectivity index is 3.00. The van der Waals surface area contributed by atoms with E-state index in [2.05, 4.69) is 32.7 Å². The van der Waals surface area contributed by atoms with Gasteiger partial charge in [0.05, 0.1) is 12.3 Å². The van der Waals surface area contributed by atoms with Crippen LogP contribution in [0.15, 0.2) is 0 Å². The molecule has 14 heavy (non-hydrogen) atoms. The third kappa shape index (κ3) is 2.47. The van der Waals surface area contributed by atoms with Gasteiger partial charge >= 0.3 is 0 Å². The van der Waals surface area contributed by atoms with Gasteiger partial charge in [-0.3, -0.25) is 0 Å². The van der Waals surface area contributed by atoms with Crippen molar-refractivity contribution in [3.63, 3.8) is 0 Å². The van der Waals surface area contributed by atoms with Gasteiger partial charge in [-0.05, 0) is 13.3 Å². The second-order valence-electron chi connectivity index (χ2n) is 4.29. The van der Waals surface area contributed by atoms with Crippen LogP contribution in [0.5, 0.6) is 5.06 Å². The minimum Gasteiger partial charge on any atom is -0.483 e. The van der Waals surface area contributed by atoms with Crippen molar-refractivity contribution in [2.45, 2.75) is 46.5 Å². The first-order valence-corrected chi connectivity index (χ1v) is 5.93. The van der Waals surface area contributed by atoms with E-state index in [1.807, 2.05) is 6.92 Å². The highest BCUT2D eigenvalue weighted by atomic mass is 32.1. The van der Waals surface area contributed by atoms with E-state index in [0.29, 0.717) is 0 Å². The molecule has 0 radical (unpaired) electrons. The molecule has 0 aromatic carbocycles. The Morgan fingerprint density at radius 1 is 1.29 bits per heavy atom. The molecule has 0 aliphatic carbocycles. The fraction of sp³-hybridized carbons (Fsp3) is 0.727. The second kappa shape index (κ2) is 4.30. The van der Waals surface area contributed by atoms with Gasteiger partial charge in [-0.2, -0.15) is 0 Å². The van der Waals surface area contributed by atoms with Gasteiger partial charge in [0, 0.05) is 5.41 Å². The van der Waals surface area contributed by atoms with Crippen molar-refractivity contribution in [1.29, 1.82) is 0 Å². The molecule has 0 atom stereocenters. The predicted octanol–water partition coefficient (Wildman–Crippen LogP) is 3.40. The molecule has 0 aliphatic rings. The van der Waals surface area contributed by atoms with Crippen molar-refractivity contribution in [3.05, 3.63) is 10.7 Å². The number of hydrogen-bond donors (Lipinski definition) is 0. The number of ether oxygens (including phenoxy) is 1. The number of aryl methyl sites for hydroxylation is 1. The van der Waals surface area contributed by atoms with Crippen molar-refractivity contribution >= 4 is 11.3 Å². The zero-order valence-corrected chi connectivity index (χ0v) is 10.5. The average molecular weight is 213 g/mol. The largest absolute Gasteiger partial charge is 0.483 e. The molecule has 0 saturated heterocycles. The summed E-state index contributed by atoms with van der Waals surface area (Å²) in [5.41, 5.74) is 1.23. The Bertz CT molecular complexity index is 299. The summed E-state index contributed by atoms with van der Waals surface area (Å²) < 4.78 is 5.56. The molecule has 1 rings (SSSR count). The molecule has 1 heterocycles. The van der Waals surface area contributed by atoms with Crippen LogP contribution in [0.2, 0.25) is 0 Å². The molecule has 0 N–H and O–H groups in total. The van der Waals surface area contributed by atoms with Crippen molar-refractivity contribution in [1.82, 2.24) is 4.98 Å². The van der Waals surface area contributed by atoms with Crippen LogP contribution in [0, 0.1) is 0 Å². The van der Waals surface area contributed by atoms with Gasteiger partial charge in [-0.1, -0.05) is 39.0 Å². The first kappa shape index (κ1) is 11.5. The summed E-state index contributed by atoms with van der Waals surface area (Å²) in [6.45, 7) is 11.4. The lowest BCUT2D eigenvalue weighted by atomic mass is 9.98. The van der Waals surface area contributed by atoms with E-state index in [4.69, 9.17) is 4.74 Å². The third-order valence-corrected chi connectivity index (χ3v) is 3.35. The Morgan fingerprint density at radius 3 is 2.36 bits per heavy atom. The summed E-state index contributed by atoms with van der Waals surface area (Å²) >= 11 is 1.68. The highest BCUT2D eigenvalue weighted by molar-refractivity contribution is 7.13. The summed E-state index contributed by atoms with van der Waals surface area (Å²) in [6.07, 6.45) is 0.946. The van der Waals surface area contributed by atoms with Gasteiger partial charge in [0.2, 0.25) is 0 Å². The number of aromatic nitrogens is 1. The molecule has 80 valence electrons. The Labute approximate surface area is 90.3 Å². The standard InChI is InChI=1S/C11H19NOS/c1-6-8-9(13-7-2)14-10(12-8)11(3,4)5/h6-7H2,1-5H3. The summed E-state index contributed by atoms with van der Waals surface area (Å²) in [5.74, 6) is 0. The van der Waals surface area contributed by atoms with Gasteiger partial charge in [-0.15, -0.1) is 0 Å². The molecule has 3 heteroatoms. The predicted molar refractivity (Wildman–Crippen MR) is 61.4 cm³/mol. The summed E-state index contributed by atoms with van der Waals surface area (Å²) in [4.78, 5) is 4.61. The fourth-order valence-corrected chi connectivity index (χ4v) is 2.25. The maximum Gasteiger partial charge on any atom is 0.197 e. The van der Waals surface area contributed by atoms with Crippen LogP contribution in [0.3, 0.4) is 0 Å². The second-order valence-corrected chi connectivity index (χ2v) is 5.25. The topological polar surface area (TPSA) is 22.1 Å². The molecule has 0 amide bonds. The van der Waals surface area contributed by atoms with E-state index in [0.717, 1.165) is 28.8 Å². The molecule has 0 bridgehead atoms. The number of thiazole rings is 1. The van der Waals surface area contributed by atoms with Gasteiger partial charge in [-0.25, -0.2) is 4.98 Å². The highest BCUT2D eigenvalue weighted by Crippen LogP contribution is 2.34. The van der Waals surface area contributed by atoms with Crippen LogP contribution in [-0.2, 0) is 11.8 Å². The number of rotatable bonds is 3. The van der Waals surface area contributed by atoms with Crippen molar-refractivity contribution in [2.24, 2.45) is 0 Å². The lowest BCUT2D eigenvalue weighted by Gasteiger charge is -2.13. The van der Waals surface area contributed by atoms with Gasteiger partial charge in [0.25, 0.3) is 0 Å². The first-order chi connectivity index (χ1) is 6.49. The molecule has 2 nitrogen and oxygen atoms in total. The van der Waals surface area contributed by atoms with Crippen molar-refractivity contribution < 1.29 is 4.74 Å². The van der Waals surface area contributed by atoms with Crippen LogP contribution >= 0.6 is 11.3 Å². The van der Waals surface area contributed by atoms with Gasteiger partial charge < -0.3 is 4.74 Å². The zero-order chi connectivity index (χ0) is 10.8. The van der Waals surface area contributed by atoms with E-state index in [1.54, 1.807) is 11.3 Å². The third-order valence-electron chi connectivity index (χ3n) is 1.91. The van der Waals surface area contributed by atoms with E-state index in [-0.39, 0.29) is 5.41 Å². The molecule has 1 aromatic rings. The first-order valence-electron chi connectivity index (χ1n) is 5.12. The smallest absolute Gasteiger partial charge is 0.197 e. The SMILES string of the molecule is CCOc1sc(C(C)(C)C)nc1CC. The van der Waals surface area contributed by atoms with Crippen LogP contribution in [0.1, 0.15) is 45.3 Å². The van der Waals surface area contributed by atoms with E-state index in [1.165, 1.54) is 0 Å². The maximum atomic E-state index is 5.56. The molecule has 0 unspecified atom stereocenters. The lowest BCUT2D eigenvalue weighted by molar-refractivity contribution is 0.346. The molecular formula is C11H19NOS. The number of nitrogens with zero attached hydrogens (tertiary/aromatic N) is 1. The maximum absolute atomic E-state index is 5.56. The van der Waals surface area contributed by atoms with E-state index < -0.39 is 0 Å². The number of hydrogen-bond acceptors (Lipinski definition) is 3. The van der Waals surface area contributed by atoms with Gasteiger partial charge in [0.1, 0.15) is 5.01 Å². The summed E-state index contributed by atoms with van der Waals surface area (Å²) in [7, 11) is 0. The Hall–Kier alpha value is -0.570. The summed E-state index contributed by atoms with van der Waals surface area (Å²) in [5, 5.41) is 2.16. The molecule has 0 saturated carbocycles. The Morgan fingerprint density at radius 2 is 1.93 bits per heavy atom. The normalized spacial score (nSPS) is 11.8. The van der Waals surface area contributed by atoms with Crippen molar-refractivity contribution in [2.75, 3.05) is 6.61 Å². The molecule has 0 fully saturated rings. The van der Waals surface area contributed by atoms with Crippen LogP contribution < -0.4 is 4.74 Å². The van der Waals surface area contributed by atoms with E-state index >= 15 is 0 Å². The van der Waals surface area contributed by atoms with E-state index in [9.17, 15) is 0 Å². The molecule has 0 spiro atoms. The minimum absolute atomic E-state index is 0.129. The average Bonchev–Trinajstić information content (AvgIpc) is 2.47. The fourth-order valence-electron chi connectivity index (χ4n) is 1.13.